The first-order chi connectivity index (χ1) is 30.1. The molecule has 5 aromatic rings. The highest BCUT2D eigenvalue weighted by Gasteiger charge is 2.45. The molecule has 19 nitrogen and oxygen atoms in total. The zero-order chi connectivity index (χ0) is 45.1. The van der Waals surface area contributed by atoms with Crippen molar-refractivity contribution < 1.29 is 45.8 Å². The van der Waals surface area contributed by atoms with Gasteiger partial charge in [0, 0.05) is 43.3 Å². The van der Waals surface area contributed by atoms with Crippen molar-refractivity contribution in [3.8, 4) is 11.5 Å². The second-order valence-electron chi connectivity index (χ2n) is 15.1. The molecule has 334 valence electrons. The van der Waals surface area contributed by atoms with E-state index >= 15 is 0 Å². The first kappa shape index (κ1) is 44.9. The van der Waals surface area contributed by atoms with Gasteiger partial charge in [-0.3, -0.25) is 37.7 Å². The van der Waals surface area contributed by atoms with Gasteiger partial charge in [0.15, 0.2) is 0 Å². The summed E-state index contributed by atoms with van der Waals surface area (Å²) in [5.74, 6) is 0.527. The maximum absolute atomic E-state index is 13.9. The van der Waals surface area contributed by atoms with Crippen LogP contribution in [0.3, 0.4) is 0 Å². The molecule has 4 heterocycles. The van der Waals surface area contributed by atoms with Crippen LogP contribution in [-0.2, 0) is 43.8 Å². The van der Waals surface area contributed by atoms with Crippen molar-refractivity contribution in [3.05, 3.63) is 161 Å². The van der Waals surface area contributed by atoms with Crippen molar-refractivity contribution in [2.45, 2.75) is 76.0 Å². The fraction of sp³-hybridized carbons (Fsp3) is 0.372. The number of hydrogen-bond donors (Lipinski definition) is 3. The summed E-state index contributed by atoms with van der Waals surface area (Å²) < 4.78 is 73.9. The van der Waals surface area contributed by atoms with E-state index < -0.39 is 87.8 Å². The summed E-state index contributed by atoms with van der Waals surface area (Å²) in [5, 5.41) is 0. The average molecular weight is 890 g/mol. The number of nitrogens with one attached hydrogen (secondary N) is 3. The molecule has 2 aliphatic heterocycles. The highest BCUT2D eigenvalue weighted by atomic mass is 32.2. The van der Waals surface area contributed by atoms with Crippen LogP contribution in [0.15, 0.2) is 110 Å². The first-order valence-corrected chi connectivity index (χ1v) is 21.3. The summed E-state index contributed by atoms with van der Waals surface area (Å²) in [6.07, 6.45) is -2.92. The average Bonchev–Trinajstić information content (AvgIpc) is 3.86. The van der Waals surface area contributed by atoms with Gasteiger partial charge in [0.25, 0.3) is 11.1 Å². The molecule has 0 unspecified atom stereocenters. The third kappa shape index (κ3) is 9.75. The second kappa shape index (κ2) is 18.7. The molecule has 0 amide bonds. The quantitative estimate of drug-likeness (QED) is 0.0954. The minimum atomic E-state index is -4.69. The van der Waals surface area contributed by atoms with E-state index in [1.807, 2.05) is 54.6 Å². The molecule has 0 saturated carbocycles. The van der Waals surface area contributed by atoms with Crippen molar-refractivity contribution in [1.29, 1.82) is 0 Å². The zero-order valence-electron chi connectivity index (χ0n) is 35.0. The van der Waals surface area contributed by atoms with E-state index in [4.69, 9.17) is 32.6 Å². The standard InChI is InChI=1S/C43H47N5O14S/c1-25-21-47(41(52)44-39(25)50)37-19-33(46-63(54,55)59-24-36-34(60-27(3)49)20-38(62-36)48-22-26(2)40(51)45-42(48)53)35(61-37)23-58-43(28-9-7-6-8-10-28,29-11-15-31(56-4)16-12-29)30-13-17-32(57-5)18-14-30/h6-18,21-22,33-38,46H,19-20,23-24H2,1-5H3,(H,44,50,52)(H,45,51,53)/t33-,34-,35+,36+,37+,38+/m0/s1. The number of aromatic nitrogens is 4. The molecule has 7 rings (SSSR count). The van der Waals surface area contributed by atoms with Gasteiger partial charge in [0.1, 0.15) is 47.9 Å². The van der Waals surface area contributed by atoms with Crippen molar-refractivity contribution in [3.63, 3.8) is 0 Å². The molecule has 3 N–H and O–H groups in total. The Hall–Kier alpha value is -6.16. The minimum absolute atomic E-state index is 0.0527. The van der Waals surface area contributed by atoms with Crippen LogP contribution in [0, 0.1) is 13.8 Å². The third-order valence-electron chi connectivity index (χ3n) is 11.0. The molecule has 0 aliphatic carbocycles. The van der Waals surface area contributed by atoms with E-state index in [0.29, 0.717) is 22.6 Å². The van der Waals surface area contributed by atoms with Gasteiger partial charge >= 0.3 is 27.7 Å². The first-order valence-electron chi connectivity index (χ1n) is 19.9. The Balaban J connectivity index is 1.20. The zero-order valence-corrected chi connectivity index (χ0v) is 35.8. The monoisotopic (exact) mass is 889 g/mol. The topological polar surface area (TPSA) is 238 Å². The van der Waals surface area contributed by atoms with Crippen LogP contribution in [0.1, 0.15) is 60.0 Å². The van der Waals surface area contributed by atoms with Gasteiger partial charge in [0.2, 0.25) is 0 Å². The SMILES string of the molecule is COc1ccc(C(OC[C@H]2O[C@@H](n3cc(C)c(=O)[nH]c3=O)C[C@@H]2NS(=O)(=O)OC[C@H]2O[C@@H](n3cc(C)c(=O)[nH]c3=O)C[C@@H]2OC(C)=O)(c2ccccc2)c2ccc(OC)cc2)cc1. The fourth-order valence-electron chi connectivity index (χ4n) is 7.80. The molecule has 2 saturated heterocycles. The van der Waals surface area contributed by atoms with E-state index in [0.717, 1.165) is 10.1 Å². The Morgan fingerprint density at radius 2 is 1.22 bits per heavy atom. The number of ether oxygens (including phenoxy) is 6. The van der Waals surface area contributed by atoms with Gasteiger partial charge in [-0.05, 0) is 54.8 Å². The summed E-state index contributed by atoms with van der Waals surface area (Å²) in [4.78, 5) is 66.6. The number of aryl methyl sites for hydroxylation is 2. The number of carbonyl (C=O) groups excluding carboxylic acids is 1. The summed E-state index contributed by atoms with van der Waals surface area (Å²) in [6.45, 7) is 3.27. The predicted molar refractivity (Wildman–Crippen MR) is 225 cm³/mol. The van der Waals surface area contributed by atoms with E-state index in [1.54, 1.807) is 38.5 Å². The van der Waals surface area contributed by atoms with Crippen molar-refractivity contribution >= 4 is 16.3 Å². The number of carbonyl (C=O) groups is 1. The second-order valence-corrected chi connectivity index (χ2v) is 16.5. The third-order valence-corrected chi connectivity index (χ3v) is 12.0. The summed E-state index contributed by atoms with van der Waals surface area (Å²) in [6, 6.07) is 22.9. The van der Waals surface area contributed by atoms with Gasteiger partial charge in [-0.1, -0.05) is 54.6 Å². The summed E-state index contributed by atoms with van der Waals surface area (Å²) in [7, 11) is -1.58. The van der Waals surface area contributed by atoms with Crippen LogP contribution in [0.25, 0.3) is 0 Å². The number of nitrogens with zero attached hydrogens (tertiary/aromatic N) is 2. The predicted octanol–water partition coefficient (Wildman–Crippen LogP) is 2.46. The number of methoxy groups -OCH3 is 2. The molecule has 0 radical (unpaired) electrons. The van der Waals surface area contributed by atoms with Gasteiger partial charge < -0.3 is 28.4 Å². The molecule has 2 aliphatic rings. The van der Waals surface area contributed by atoms with Gasteiger partial charge in [-0.2, -0.15) is 13.1 Å². The molecular weight excluding hydrogens is 843 g/mol. The van der Waals surface area contributed by atoms with Crippen molar-refractivity contribution in [1.82, 2.24) is 23.8 Å². The molecule has 63 heavy (non-hydrogen) atoms. The normalized spacial score (nSPS) is 21.3. The largest absolute Gasteiger partial charge is 0.497 e. The van der Waals surface area contributed by atoms with Crippen LogP contribution in [0.4, 0.5) is 0 Å². The molecule has 20 heteroatoms. The highest BCUT2D eigenvalue weighted by Crippen LogP contribution is 2.43. The molecule has 2 aromatic heterocycles. The maximum atomic E-state index is 13.9. The smallest absolute Gasteiger partial charge is 0.336 e. The van der Waals surface area contributed by atoms with E-state index in [2.05, 4.69) is 14.7 Å². The lowest BCUT2D eigenvalue weighted by molar-refractivity contribution is -0.150. The Kier molecular flexibility index (Phi) is 13.3. The van der Waals surface area contributed by atoms with Gasteiger partial charge in [-0.25, -0.2) is 9.59 Å². The van der Waals surface area contributed by atoms with E-state index in [9.17, 15) is 32.4 Å². The number of esters is 1. The Bertz CT molecular complexity index is 2720. The lowest BCUT2D eigenvalue weighted by Crippen LogP contribution is -2.45. The maximum Gasteiger partial charge on any atom is 0.336 e. The Labute approximate surface area is 360 Å². The number of rotatable bonds is 16. The van der Waals surface area contributed by atoms with Crippen LogP contribution in [-0.4, -0.2) is 85.3 Å². The molecule has 0 bridgehead atoms. The molecule has 3 aromatic carbocycles. The van der Waals surface area contributed by atoms with E-state index in [-0.39, 0.29) is 30.6 Å². The highest BCUT2D eigenvalue weighted by molar-refractivity contribution is 7.84. The summed E-state index contributed by atoms with van der Waals surface area (Å²) in [5.41, 5.74) is -1.50. The lowest BCUT2D eigenvalue weighted by atomic mass is 9.80. The van der Waals surface area contributed by atoms with Gasteiger partial charge in [0.05, 0.1) is 33.5 Å². The summed E-state index contributed by atoms with van der Waals surface area (Å²) >= 11 is 0. The lowest BCUT2D eigenvalue weighted by Gasteiger charge is -2.37. The number of aromatic amines is 2. The molecule has 0 spiro atoms. The van der Waals surface area contributed by atoms with Crippen molar-refractivity contribution in [2.75, 3.05) is 27.4 Å². The van der Waals surface area contributed by atoms with Crippen molar-refractivity contribution in [2.24, 2.45) is 0 Å². The van der Waals surface area contributed by atoms with Crippen LogP contribution >= 0.6 is 0 Å². The van der Waals surface area contributed by atoms with Crippen LogP contribution in [0.2, 0.25) is 0 Å². The van der Waals surface area contributed by atoms with Crippen LogP contribution in [0.5, 0.6) is 11.5 Å². The minimum Gasteiger partial charge on any atom is -0.497 e. The number of H-pyrrole nitrogens is 2. The van der Waals surface area contributed by atoms with E-state index in [1.165, 1.54) is 37.7 Å². The van der Waals surface area contributed by atoms with Gasteiger partial charge in [-0.15, -0.1) is 0 Å². The molecular formula is C43H47N5O14S. The van der Waals surface area contributed by atoms with Crippen LogP contribution < -0.4 is 36.7 Å². The molecule has 6 atom stereocenters. The Morgan fingerprint density at radius 1 is 0.730 bits per heavy atom. The molecule has 2 fully saturated rings. The fourth-order valence-corrected chi connectivity index (χ4v) is 8.80. The Morgan fingerprint density at radius 3 is 1.73 bits per heavy atom. The number of benzene rings is 3. The number of hydrogen-bond acceptors (Lipinski definition) is 14.